The highest BCUT2D eigenvalue weighted by Crippen LogP contribution is 2.36. The second-order valence-electron chi connectivity index (χ2n) is 16.9. The number of pyridine rings is 1. The van der Waals surface area contributed by atoms with Gasteiger partial charge in [0.2, 0.25) is 11.8 Å². The Kier molecular flexibility index (Phi) is 15.8. The normalized spacial score (nSPS) is 17.5. The van der Waals surface area contributed by atoms with Gasteiger partial charge in [0.15, 0.2) is 18.0 Å². The Hall–Kier alpha value is -5.09. The highest BCUT2D eigenvalue weighted by Gasteiger charge is 2.28. The number of unbranched alkanes of at least 4 members (excludes halogenated alkanes) is 4. The summed E-state index contributed by atoms with van der Waals surface area (Å²) < 4.78 is 41.1. The van der Waals surface area contributed by atoms with E-state index in [0.717, 1.165) is 102 Å². The molecular weight excluding hydrogens is 820 g/mol. The number of alkyl halides is 3. The first kappa shape index (κ1) is 44.9. The number of hydrogen-bond acceptors (Lipinski definition) is 10. The zero-order chi connectivity index (χ0) is 43.4. The van der Waals surface area contributed by atoms with Crippen molar-refractivity contribution >= 4 is 46.5 Å². The lowest BCUT2D eigenvalue weighted by Gasteiger charge is -2.31. The molecule has 0 radical (unpaired) electrons. The van der Waals surface area contributed by atoms with Gasteiger partial charge in [0.05, 0.1) is 11.7 Å². The molecule has 4 heterocycles. The molecule has 0 saturated heterocycles. The minimum Gasteiger partial charge on any atom is -0.484 e. The Labute approximate surface area is 366 Å². The van der Waals surface area contributed by atoms with E-state index in [1.165, 1.54) is 25.3 Å². The van der Waals surface area contributed by atoms with Crippen LogP contribution in [0.2, 0.25) is 0 Å². The van der Waals surface area contributed by atoms with Crippen LogP contribution in [0, 0.1) is 11.8 Å². The van der Waals surface area contributed by atoms with Crippen LogP contribution in [0.4, 0.5) is 26.0 Å². The SMILES string of the molecule is CN(CCCCCCCNC(=O)COc1ccc2c(c1)CCCN2C(=O)CCl)C[C@H]1CC[C@H](n2cc(NC(=O)c3coc(-c4ccnc(NCC5CC5)c4)n3)c(C(F)F)n2)CC1. The fourth-order valence-corrected chi connectivity index (χ4v) is 8.51. The molecule has 0 unspecified atom stereocenters. The Morgan fingerprint density at radius 3 is 2.60 bits per heavy atom. The molecule has 2 fully saturated rings. The van der Waals surface area contributed by atoms with Crippen LogP contribution in [0.1, 0.15) is 111 Å². The van der Waals surface area contributed by atoms with Crippen LogP contribution in [0.3, 0.4) is 0 Å². The number of aromatic nitrogens is 4. The van der Waals surface area contributed by atoms with E-state index < -0.39 is 18.0 Å². The molecule has 334 valence electrons. The minimum absolute atomic E-state index is 0.0224. The van der Waals surface area contributed by atoms with Gasteiger partial charge in [0.1, 0.15) is 23.7 Å². The third-order valence-electron chi connectivity index (χ3n) is 12.0. The summed E-state index contributed by atoms with van der Waals surface area (Å²) in [5.74, 6) is 1.76. The number of nitrogens with zero attached hydrogens (tertiary/aromatic N) is 6. The van der Waals surface area contributed by atoms with Crippen molar-refractivity contribution in [3.05, 3.63) is 65.9 Å². The quantitative estimate of drug-likeness (QED) is 0.0518. The molecule has 0 spiro atoms. The molecule has 0 bridgehead atoms. The topological polar surface area (TPSA) is 160 Å². The van der Waals surface area contributed by atoms with Crippen LogP contribution < -0.4 is 25.6 Å². The molecule has 3 aliphatic rings. The highest BCUT2D eigenvalue weighted by molar-refractivity contribution is 6.29. The van der Waals surface area contributed by atoms with E-state index in [9.17, 15) is 23.2 Å². The van der Waals surface area contributed by atoms with Crippen LogP contribution in [0.5, 0.6) is 5.75 Å². The van der Waals surface area contributed by atoms with Gasteiger partial charge in [-0.05, 0) is 126 Å². The maximum Gasteiger partial charge on any atom is 0.284 e. The number of benzene rings is 1. The molecular formula is C45H58ClF2N9O5. The van der Waals surface area contributed by atoms with E-state index in [0.29, 0.717) is 42.1 Å². The summed E-state index contributed by atoms with van der Waals surface area (Å²) in [4.78, 5) is 50.4. The van der Waals surface area contributed by atoms with Gasteiger partial charge in [-0.2, -0.15) is 5.10 Å². The smallest absolute Gasteiger partial charge is 0.284 e. The van der Waals surface area contributed by atoms with Gasteiger partial charge in [-0.1, -0.05) is 19.3 Å². The molecule has 1 aliphatic heterocycles. The van der Waals surface area contributed by atoms with Gasteiger partial charge >= 0.3 is 0 Å². The molecule has 2 saturated carbocycles. The monoisotopic (exact) mass is 877 g/mol. The van der Waals surface area contributed by atoms with Crippen LogP contribution in [-0.4, -0.2) is 94.6 Å². The molecule has 3 N–H and O–H groups in total. The summed E-state index contributed by atoms with van der Waals surface area (Å²) in [6.07, 6.45) is 14.5. The van der Waals surface area contributed by atoms with Gasteiger partial charge in [0, 0.05) is 49.8 Å². The van der Waals surface area contributed by atoms with Gasteiger partial charge in [0.25, 0.3) is 18.2 Å². The molecule has 1 aromatic carbocycles. The Morgan fingerprint density at radius 1 is 1.02 bits per heavy atom. The average Bonchev–Trinajstić information content (AvgIpc) is 3.80. The zero-order valence-corrected chi connectivity index (χ0v) is 36.2. The van der Waals surface area contributed by atoms with Gasteiger partial charge in [-0.25, -0.2) is 18.7 Å². The van der Waals surface area contributed by atoms with Gasteiger partial charge < -0.3 is 34.9 Å². The number of carbonyl (C=O) groups is 3. The molecule has 2 aliphatic carbocycles. The number of aryl methyl sites for hydroxylation is 1. The van der Waals surface area contributed by atoms with E-state index in [1.807, 2.05) is 12.1 Å². The number of anilines is 3. The average molecular weight is 878 g/mol. The predicted molar refractivity (Wildman–Crippen MR) is 234 cm³/mol. The summed E-state index contributed by atoms with van der Waals surface area (Å²) in [6.45, 7) is 4.05. The van der Waals surface area contributed by atoms with Crippen LogP contribution in [0.15, 0.2) is 53.4 Å². The molecule has 17 heteroatoms. The Balaban J connectivity index is 0.754. The second-order valence-corrected chi connectivity index (χ2v) is 17.1. The van der Waals surface area contributed by atoms with E-state index in [2.05, 4.69) is 43.0 Å². The lowest BCUT2D eigenvalue weighted by atomic mass is 9.86. The number of hydrogen-bond donors (Lipinski definition) is 3. The second kappa shape index (κ2) is 21.8. The van der Waals surface area contributed by atoms with Crippen molar-refractivity contribution in [1.29, 1.82) is 0 Å². The molecule has 3 aromatic heterocycles. The van der Waals surface area contributed by atoms with E-state index in [4.69, 9.17) is 20.8 Å². The summed E-state index contributed by atoms with van der Waals surface area (Å²) in [5, 5.41) is 13.1. The number of oxazole rings is 1. The molecule has 62 heavy (non-hydrogen) atoms. The maximum absolute atomic E-state index is 14.1. The lowest BCUT2D eigenvalue weighted by Crippen LogP contribution is -2.36. The molecule has 3 amide bonds. The fraction of sp³-hybridized carbons (Fsp3) is 0.556. The van der Waals surface area contributed by atoms with Crippen molar-refractivity contribution in [2.75, 3.05) is 67.8 Å². The molecule has 7 rings (SSSR count). The van der Waals surface area contributed by atoms with E-state index in [-0.39, 0.29) is 47.6 Å². The predicted octanol–water partition coefficient (Wildman–Crippen LogP) is 8.27. The fourth-order valence-electron chi connectivity index (χ4n) is 8.36. The standard InChI is InChI=1S/C45H58ClF2N9O5/c1-55(20-6-4-2-3-5-18-50-40(58)29-61-35-15-16-38-32(22-35)8-7-21-56(38)41(59)24-46)26-31-11-13-34(14-12-31)57-27-36(42(54-57)43(47)48)52-44(60)37-28-62-45(53-37)33-17-19-49-39(23-33)51-25-30-9-10-30/h15-17,19,22-23,27-28,30-31,34,43H,2-14,18,20-21,24-26,29H2,1H3,(H,49,51)(H,50,58)(H,52,60)/t31-,34-. The number of carbonyl (C=O) groups excluding carboxylic acids is 3. The van der Waals surface area contributed by atoms with Crippen molar-refractivity contribution < 1.29 is 32.3 Å². The van der Waals surface area contributed by atoms with Gasteiger partial charge in [-0.3, -0.25) is 19.1 Å². The maximum atomic E-state index is 14.1. The number of halogens is 3. The number of amides is 3. The van der Waals surface area contributed by atoms with Crippen LogP contribution in [0.25, 0.3) is 11.5 Å². The first-order chi connectivity index (χ1) is 30.1. The zero-order valence-electron chi connectivity index (χ0n) is 35.4. The van der Waals surface area contributed by atoms with Crippen molar-refractivity contribution in [3.8, 4) is 17.2 Å². The number of ether oxygens (including phenoxy) is 1. The number of nitrogens with one attached hydrogen (secondary N) is 3. The van der Waals surface area contributed by atoms with E-state index in [1.54, 1.807) is 34.0 Å². The van der Waals surface area contributed by atoms with Gasteiger partial charge in [-0.15, -0.1) is 11.6 Å². The molecule has 14 nitrogen and oxygen atoms in total. The van der Waals surface area contributed by atoms with Crippen molar-refractivity contribution in [1.82, 2.24) is 30.0 Å². The third kappa shape index (κ3) is 12.5. The highest BCUT2D eigenvalue weighted by atomic mass is 35.5. The lowest BCUT2D eigenvalue weighted by molar-refractivity contribution is -0.123. The van der Waals surface area contributed by atoms with Crippen molar-refractivity contribution in [2.45, 2.75) is 95.9 Å². The minimum atomic E-state index is -2.86. The summed E-state index contributed by atoms with van der Waals surface area (Å²) in [7, 11) is 2.15. The summed E-state index contributed by atoms with van der Waals surface area (Å²) >= 11 is 5.77. The van der Waals surface area contributed by atoms with E-state index >= 15 is 0 Å². The summed E-state index contributed by atoms with van der Waals surface area (Å²) in [5.41, 5.74) is 2.02. The van der Waals surface area contributed by atoms with Crippen LogP contribution >= 0.6 is 11.6 Å². The number of fused-ring (bicyclic) bond motifs is 1. The van der Waals surface area contributed by atoms with Crippen molar-refractivity contribution in [2.24, 2.45) is 11.8 Å². The summed E-state index contributed by atoms with van der Waals surface area (Å²) in [6, 6.07) is 9.07. The Bertz CT molecular complexity index is 2120. The van der Waals surface area contributed by atoms with Crippen LogP contribution in [-0.2, 0) is 16.0 Å². The largest absolute Gasteiger partial charge is 0.484 e. The number of rotatable bonds is 22. The third-order valence-corrected chi connectivity index (χ3v) is 12.2. The Morgan fingerprint density at radius 2 is 1.81 bits per heavy atom. The van der Waals surface area contributed by atoms with Crippen molar-refractivity contribution in [3.63, 3.8) is 0 Å². The molecule has 4 aromatic rings. The first-order valence-electron chi connectivity index (χ1n) is 22.0. The first-order valence-corrected chi connectivity index (χ1v) is 22.6. The molecule has 0 atom stereocenters.